The average molecular weight is 464 g/mol. The van der Waals surface area contributed by atoms with E-state index in [1.54, 1.807) is 23.1 Å². The highest BCUT2D eigenvalue weighted by Crippen LogP contribution is 2.39. The number of aliphatic hydroxyl groups is 1. The van der Waals surface area contributed by atoms with Crippen LogP contribution in [0.2, 0.25) is 0 Å². The number of benzene rings is 1. The molecule has 2 aliphatic heterocycles. The molecule has 1 aromatic carbocycles. The van der Waals surface area contributed by atoms with Gasteiger partial charge in [-0.25, -0.2) is 9.37 Å². The number of fused-ring (bicyclic) bond motifs is 1. The van der Waals surface area contributed by atoms with E-state index in [-0.39, 0.29) is 36.7 Å². The lowest BCUT2D eigenvalue weighted by molar-refractivity contribution is 0.0996. The van der Waals surface area contributed by atoms with Crippen molar-refractivity contribution in [2.45, 2.75) is 32.0 Å². The van der Waals surface area contributed by atoms with Gasteiger partial charge in [-0.15, -0.1) is 0 Å². The number of aryl methyl sites for hydroxylation is 1. The second-order valence-electron chi connectivity index (χ2n) is 8.74. The average Bonchev–Trinajstić information content (AvgIpc) is 3.38. The first-order valence-electron chi connectivity index (χ1n) is 11.2. The fourth-order valence-electron chi connectivity index (χ4n) is 4.86. The van der Waals surface area contributed by atoms with Crippen molar-refractivity contribution < 1.29 is 19.0 Å². The van der Waals surface area contributed by atoms with E-state index in [4.69, 9.17) is 15.5 Å². The molecule has 2 aliphatic rings. The number of carbonyl (C=O) groups is 1. The Morgan fingerprint density at radius 1 is 1.26 bits per heavy atom. The summed E-state index contributed by atoms with van der Waals surface area (Å²) in [5.74, 6) is 0.806. The number of hydrogen-bond acceptors (Lipinski definition) is 7. The fraction of sp³-hybridized carbons (Fsp3) is 0.320. The number of methoxy groups -OCH3 is 1. The number of pyridine rings is 2. The first-order chi connectivity index (χ1) is 16.4. The van der Waals surface area contributed by atoms with Crippen molar-refractivity contribution in [3.8, 4) is 17.0 Å². The lowest BCUT2D eigenvalue weighted by Crippen LogP contribution is -2.34. The summed E-state index contributed by atoms with van der Waals surface area (Å²) in [5.41, 5.74) is 8.73. The number of aliphatic hydroxyl groups excluding tert-OH is 1. The molecule has 0 radical (unpaired) electrons. The van der Waals surface area contributed by atoms with Gasteiger partial charge >= 0.3 is 0 Å². The summed E-state index contributed by atoms with van der Waals surface area (Å²) < 4.78 is 20.2. The molecule has 1 saturated heterocycles. The van der Waals surface area contributed by atoms with Crippen molar-refractivity contribution in [2.75, 3.05) is 30.1 Å². The van der Waals surface area contributed by atoms with Crippen LogP contribution in [0, 0.1) is 12.7 Å². The SMILES string of the molecule is COc1cccc(F)c1-c1nccc2c1CN(c1cc(C)cc(N3C[C@@H](N)C[C@H]3CO)n1)C2=O. The Bertz CT molecular complexity index is 1270. The Morgan fingerprint density at radius 2 is 2.06 bits per heavy atom. The minimum absolute atomic E-state index is 0.0216. The molecular formula is C25H26FN5O3. The van der Waals surface area contributed by atoms with E-state index < -0.39 is 5.82 Å². The minimum atomic E-state index is -0.470. The van der Waals surface area contributed by atoms with Gasteiger partial charge in [0.15, 0.2) is 0 Å². The molecule has 34 heavy (non-hydrogen) atoms. The van der Waals surface area contributed by atoms with Gasteiger partial charge in [-0.05, 0) is 49.2 Å². The van der Waals surface area contributed by atoms with Crippen LogP contribution in [0.25, 0.3) is 11.3 Å². The van der Waals surface area contributed by atoms with E-state index in [1.807, 2.05) is 24.0 Å². The second-order valence-corrected chi connectivity index (χ2v) is 8.74. The van der Waals surface area contributed by atoms with Crippen LogP contribution in [0.5, 0.6) is 5.75 Å². The van der Waals surface area contributed by atoms with Crippen molar-refractivity contribution in [1.29, 1.82) is 0 Å². The molecule has 1 fully saturated rings. The van der Waals surface area contributed by atoms with Crippen molar-refractivity contribution >= 4 is 17.5 Å². The van der Waals surface area contributed by atoms with Gasteiger partial charge < -0.3 is 20.5 Å². The predicted molar refractivity (Wildman–Crippen MR) is 126 cm³/mol. The number of nitrogens with two attached hydrogens (primary N) is 1. The molecule has 0 unspecified atom stereocenters. The maximum absolute atomic E-state index is 14.8. The number of rotatable bonds is 5. The zero-order valence-corrected chi connectivity index (χ0v) is 19.0. The van der Waals surface area contributed by atoms with E-state index in [0.29, 0.717) is 47.2 Å². The van der Waals surface area contributed by atoms with Crippen LogP contribution in [0.1, 0.15) is 27.9 Å². The Kier molecular flexibility index (Phi) is 5.66. The molecule has 176 valence electrons. The Balaban J connectivity index is 1.55. The van der Waals surface area contributed by atoms with Crippen LogP contribution in [0.15, 0.2) is 42.6 Å². The molecule has 3 N–H and O–H groups in total. The molecule has 0 bridgehead atoms. The van der Waals surface area contributed by atoms with Crippen LogP contribution < -0.4 is 20.3 Å². The maximum Gasteiger partial charge on any atom is 0.260 e. The topological polar surface area (TPSA) is 105 Å². The number of amides is 1. The molecule has 9 heteroatoms. The number of nitrogens with zero attached hydrogens (tertiary/aromatic N) is 4. The third kappa shape index (κ3) is 3.66. The highest BCUT2D eigenvalue weighted by atomic mass is 19.1. The molecule has 2 atom stereocenters. The quantitative estimate of drug-likeness (QED) is 0.599. The Labute approximate surface area is 196 Å². The number of aromatic nitrogens is 2. The van der Waals surface area contributed by atoms with Crippen LogP contribution in [0.3, 0.4) is 0 Å². The summed E-state index contributed by atoms with van der Waals surface area (Å²) in [6.45, 7) is 2.69. The number of anilines is 2. The molecule has 5 rings (SSSR count). The molecule has 4 heterocycles. The highest BCUT2D eigenvalue weighted by Gasteiger charge is 2.35. The fourth-order valence-corrected chi connectivity index (χ4v) is 4.86. The summed E-state index contributed by atoms with van der Waals surface area (Å²) in [6.07, 6.45) is 2.18. The van der Waals surface area contributed by atoms with Gasteiger partial charge in [0.25, 0.3) is 5.91 Å². The largest absolute Gasteiger partial charge is 0.496 e. The van der Waals surface area contributed by atoms with Crippen molar-refractivity contribution in [3.63, 3.8) is 0 Å². The molecular weight excluding hydrogens is 437 g/mol. The summed E-state index contributed by atoms with van der Waals surface area (Å²) in [7, 11) is 1.47. The normalized spacial score (nSPS) is 19.6. The summed E-state index contributed by atoms with van der Waals surface area (Å²) in [6, 6.07) is 9.83. The molecule has 0 saturated carbocycles. The number of carbonyl (C=O) groups excluding carboxylic acids is 1. The first kappa shape index (κ1) is 22.2. The van der Waals surface area contributed by atoms with E-state index in [0.717, 1.165) is 5.56 Å². The Morgan fingerprint density at radius 3 is 2.82 bits per heavy atom. The van der Waals surface area contributed by atoms with E-state index in [1.165, 1.54) is 19.4 Å². The van der Waals surface area contributed by atoms with Gasteiger partial charge in [0, 0.05) is 29.9 Å². The third-order valence-corrected chi connectivity index (χ3v) is 6.45. The van der Waals surface area contributed by atoms with Crippen LogP contribution >= 0.6 is 0 Å². The highest BCUT2D eigenvalue weighted by molar-refractivity contribution is 6.10. The summed E-state index contributed by atoms with van der Waals surface area (Å²) >= 11 is 0. The molecule has 0 aliphatic carbocycles. The van der Waals surface area contributed by atoms with Crippen molar-refractivity contribution in [1.82, 2.24) is 9.97 Å². The Hall–Kier alpha value is -3.56. The first-order valence-corrected chi connectivity index (χ1v) is 11.2. The lowest BCUT2D eigenvalue weighted by atomic mass is 10.0. The minimum Gasteiger partial charge on any atom is -0.496 e. The third-order valence-electron chi connectivity index (χ3n) is 6.45. The van der Waals surface area contributed by atoms with Gasteiger partial charge in [-0.3, -0.25) is 14.7 Å². The number of ether oxygens (including phenoxy) is 1. The molecule has 2 aromatic heterocycles. The lowest BCUT2D eigenvalue weighted by Gasteiger charge is -2.26. The van der Waals surface area contributed by atoms with Gasteiger partial charge in [-0.2, -0.15) is 0 Å². The zero-order valence-electron chi connectivity index (χ0n) is 19.0. The van der Waals surface area contributed by atoms with Gasteiger partial charge in [0.2, 0.25) is 0 Å². The molecule has 8 nitrogen and oxygen atoms in total. The summed E-state index contributed by atoms with van der Waals surface area (Å²) in [5, 5.41) is 9.79. The van der Waals surface area contributed by atoms with Crippen LogP contribution in [-0.4, -0.2) is 53.3 Å². The number of hydrogen-bond donors (Lipinski definition) is 2. The van der Waals surface area contributed by atoms with Crippen LogP contribution in [0.4, 0.5) is 16.0 Å². The van der Waals surface area contributed by atoms with Gasteiger partial charge in [0.05, 0.1) is 37.6 Å². The molecule has 0 spiro atoms. The smallest absolute Gasteiger partial charge is 0.260 e. The molecule has 3 aromatic rings. The standard InChI is InChI=1S/C25H26FN5O3/c1-14-8-21(30-11-15(27)10-16(30)13-32)29-22(9-14)31-12-18-17(25(31)33)6-7-28-24(18)23-19(26)4-3-5-20(23)34-2/h3-9,15-16,32H,10-13,27H2,1-2H3/t15-,16-/m0/s1. The van der Waals surface area contributed by atoms with Crippen molar-refractivity contribution in [2.24, 2.45) is 5.73 Å². The summed E-state index contributed by atoms with van der Waals surface area (Å²) in [4.78, 5) is 26.1. The van der Waals surface area contributed by atoms with Gasteiger partial charge in [0.1, 0.15) is 23.2 Å². The van der Waals surface area contributed by atoms with Crippen molar-refractivity contribution in [3.05, 3.63) is 65.1 Å². The van der Waals surface area contributed by atoms with E-state index in [9.17, 15) is 14.3 Å². The van der Waals surface area contributed by atoms with E-state index in [2.05, 4.69) is 4.98 Å². The maximum atomic E-state index is 14.8. The predicted octanol–water partition coefficient (Wildman–Crippen LogP) is 2.66. The zero-order chi connectivity index (χ0) is 24.0. The van der Waals surface area contributed by atoms with E-state index >= 15 is 0 Å². The van der Waals surface area contributed by atoms with Crippen LogP contribution in [-0.2, 0) is 6.54 Å². The number of halogens is 1. The monoisotopic (exact) mass is 463 g/mol. The molecule has 1 amide bonds. The second kappa shape index (κ2) is 8.66. The van der Waals surface area contributed by atoms with Gasteiger partial charge in [-0.1, -0.05) is 6.07 Å².